The molecular weight excluding hydrogens is 420 g/mol. The number of nitrogens with zero attached hydrogens (tertiary/aromatic N) is 1. The lowest BCUT2D eigenvalue weighted by Gasteiger charge is -2.24. The molecule has 0 fully saturated rings. The zero-order chi connectivity index (χ0) is 21.4. The lowest BCUT2D eigenvalue weighted by Crippen LogP contribution is -2.37. The van der Waals surface area contributed by atoms with Crippen LogP contribution in [0.5, 0.6) is 11.5 Å². The van der Waals surface area contributed by atoms with Crippen molar-refractivity contribution in [2.75, 3.05) is 38.8 Å². The molecule has 0 saturated heterocycles. The molecule has 4 heterocycles. The lowest BCUT2D eigenvalue weighted by atomic mass is 9.97. The first-order valence-corrected chi connectivity index (χ1v) is 10.3. The van der Waals surface area contributed by atoms with E-state index in [0.29, 0.717) is 59.8 Å². The van der Waals surface area contributed by atoms with E-state index in [-0.39, 0.29) is 11.8 Å². The molecule has 2 aromatic heterocycles. The Morgan fingerprint density at radius 1 is 1.29 bits per heavy atom. The lowest BCUT2D eigenvalue weighted by molar-refractivity contribution is 0.0810. The molecule has 1 amide bonds. The Labute approximate surface area is 183 Å². The van der Waals surface area contributed by atoms with Crippen LogP contribution in [0, 0.1) is 0 Å². The van der Waals surface area contributed by atoms with Crippen molar-refractivity contribution < 1.29 is 19.0 Å². The van der Waals surface area contributed by atoms with Gasteiger partial charge in [-0.25, -0.2) is 0 Å². The first-order chi connectivity index (χ1) is 15.2. The number of ether oxygens (including phenoxy) is 3. The summed E-state index contributed by atoms with van der Waals surface area (Å²) in [5.74, 6) is 0.927. The number of halogens is 1. The van der Waals surface area contributed by atoms with Gasteiger partial charge in [0, 0.05) is 29.9 Å². The van der Waals surface area contributed by atoms with Gasteiger partial charge in [-0.2, -0.15) is 0 Å². The number of aromatic nitrogens is 2. The summed E-state index contributed by atoms with van der Waals surface area (Å²) in [6, 6.07) is 7.28. The van der Waals surface area contributed by atoms with Gasteiger partial charge in [-0.15, -0.1) is 0 Å². The van der Waals surface area contributed by atoms with Crippen LogP contribution in [-0.2, 0) is 4.74 Å². The number of amides is 1. The third-order valence-electron chi connectivity index (χ3n) is 5.46. The number of methoxy groups -OCH3 is 1. The molecule has 5 rings (SSSR count). The van der Waals surface area contributed by atoms with E-state index in [2.05, 4.69) is 20.6 Å². The van der Waals surface area contributed by atoms with E-state index in [1.54, 1.807) is 25.6 Å². The molecule has 0 saturated carbocycles. The monoisotopic (exact) mass is 440 g/mol. The van der Waals surface area contributed by atoms with Crippen LogP contribution in [0.2, 0.25) is 5.02 Å². The highest BCUT2D eigenvalue weighted by atomic mass is 35.5. The number of carbonyl (C=O) groups excluding carboxylic acids is 1. The Kier molecular flexibility index (Phi) is 5.17. The van der Waals surface area contributed by atoms with Crippen molar-refractivity contribution in [3.63, 3.8) is 0 Å². The number of benzene rings is 1. The summed E-state index contributed by atoms with van der Waals surface area (Å²) in [6.07, 6.45) is 3.35. The SMILES string of the molecule is COc1c(Cl)cccc1Nc1c2[nH]c3c1C(=O)NC[C@H]3COCCOc1cnccc1-2. The van der Waals surface area contributed by atoms with Crippen LogP contribution in [0.15, 0.2) is 36.7 Å². The average Bonchev–Trinajstić information content (AvgIpc) is 3.13. The molecule has 3 aromatic rings. The Bertz CT molecular complexity index is 1150. The highest BCUT2D eigenvalue weighted by molar-refractivity contribution is 6.32. The molecule has 1 atom stereocenters. The fraction of sp³-hybridized carbons (Fsp3) is 0.273. The summed E-state index contributed by atoms with van der Waals surface area (Å²) in [5, 5.41) is 6.83. The minimum atomic E-state index is -0.161. The van der Waals surface area contributed by atoms with E-state index in [0.717, 1.165) is 17.0 Å². The van der Waals surface area contributed by atoms with Gasteiger partial charge in [-0.05, 0) is 18.2 Å². The fourth-order valence-corrected chi connectivity index (χ4v) is 4.28. The topological polar surface area (TPSA) is 97.5 Å². The molecule has 1 aromatic carbocycles. The van der Waals surface area contributed by atoms with E-state index < -0.39 is 0 Å². The average molecular weight is 441 g/mol. The summed E-state index contributed by atoms with van der Waals surface area (Å²) in [7, 11) is 1.56. The molecular formula is C22H21ClN4O4. The minimum Gasteiger partial charge on any atom is -0.493 e. The molecule has 0 radical (unpaired) electrons. The van der Waals surface area contributed by atoms with E-state index in [1.807, 2.05) is 18.2 Å². The maximum absolute atomic E-state index is 13.0. The Hall–Kier alpha value is -3.23. The standard InChI is InChI=1S/C22H21ClN4O4/c1-29-21-14(23)3-2-4-15(21)26-20-17-18-12(9-25-22(17)28)11-30-7-8-31-16-10-24-6-5-13(16)19(20)27-18/h2-6,10,12,26-27H,7-9,11H2,1H3,(H,25,28)/t12-/m0/s1. The Morgan fingerprint density at radius 2 is 2.19 bits per heavy atom. The van der Waals surface area contributed by atoms with Crippen LogP contribution in [-0.4, -0.2) is 49.4 Å². The highest BCUT2D eigenvalue weighted by Gasteiger charge is 2.34. The predicted octanol–water partition coefficient (Wildman–Crippen LogP) is 3.72. The van der Waals surface area contributed by atoms with Crippen molar-refractivity contribution in [1.82, 2.24) is 15.3 Å². The van der Waals surface area contributed by atoms with Crippen molar-refractivity contribution in [1.29, 1.82) is 0 Å². The zero-order valence-corrected chi connectivity index (χ0v) is 17.6. The second-order valence-corrected chi connectivity index (χ2v) is 7.72. The number of fused-ring (bicyclic) bond motifs is 3. The molecule has 8 nitrogen and oxygen atoms in total. The number of nitrogens with one attached hydrogen (secondary N) is 3. The fourth-order valence-electron chi connectivity index (χ4n) is 4.02. The zero-order valence-electron chi connectivity index (χ0n) is 16.8. The van der Waals surface area contributed by atoms with Crippen molar-refractivity contribution in [2.24, 2.45) is 0 Å². The molecule has 2 aliphatic rings. The van der Waals surface area contributed by atoms with Crippen LogP contribution < -0.4 is 20.1 Å². The van der Waals surface area contributed by atoms with Gasteiger partial charge in [-0.3, -0.25) is 9.78 Å². The predicted molar refractivity (Wildman–Crippen MR) is 117 cm³/mol. The molecule has 3 N–H and O–H groups in total. The number of aromatic amines is 1. The normalized spacial score (nSPS) is 17.6. The maximum Gasteiger partial charge on any atom is 0.255 e. The van der Waals surface area contributed by atoms with Gasteiger partial charge in [0.05, 0.1) is 54.2 Å². The van der Waals surface area contributed by atoms with E-state index >= 15 is 0 Å². The number of rotatable bonds is 3. The second kappa shape index (κ2) is 8.13. The first kappa shape index (κ1) is 19.7. The van der Waals surface area contributed by atoms with Gasteiger partial charge in [-0.1, -0.05) is 17.7 Å². The third-order valence-corrected chi connectivity index (χ3v) is 5.76. The summed E-state index contributed by atoms with van der Waals surface area (Å²) >= 11 is 6.32. The number of hydrogen-bond acceptors (Lipinski definition) is 6. The minimum absolute atomic E-state index is 0.00774. The third kappa shape index (κ3) is 3.47. The summed E-state index contributed by atoms with van der Waals surface area (Å²) < 4.78 is 17.2. The van der Waals surface area contributed by atoms with Crippen LogP contribution in [0.1, 0.15) is 22.0 Å². The van der Waals surface area contributed by atoms with E-state index in [9.17, 15) is 4.79 Å². The van der Waals surface area contributed by atoms with Crippen LogP contribution in [0.4, 0.5) is 11.4 Å². The van der Waals surface area contributed by atoms with Crippen LogP contribution in [0.3, 0.4) is 0 Å². The molecule has 0 unspecified atom stereocenters. The van der Waals surface area contributed by atoms with Crippen LogP contribution >= 0.6 is 11.6 Å². The van der Waals surface area contributed by atoms with Gasteiger partial charge < -0.3 is 29.8 Å². The number of hydrogen-bond donors (Lipinski definition) is 3. The van der Waals surface area contributed by atoms with Gasteiger partial charge in [0.15, 0.2) is 5.75 Å². The number of H-pyrrole nitrogens is 1. The van der Waals surface area contributed by atoms with Crippen molar-refractivity contribution in [3.05, 3.63) is 52.9 Å². The molecule has 9 heteroatoms. The largest absolute Gasteiger partial charge is 0.493 e. The van der Waals surface area contributed by atoms with Gasteiger partial charge >= 0.3 is 0 Å². The van der Waals surface area contributed by atoms with Crippen molar-refractivity contribution in [2.45, 2.75) is 5.92 Å². The summed E-state index contributed by atoms with van der Waals surface area (Å²) in [6.45, 7) is 1.81. The first-order valence-electron chi connectivity index (χ1n) is 9.96. The van der Waals surface area contributed by atoms with Gasteiger partial charge in [0.2, 0.25) is 0 Å². The smallest absolute Gasteiger partial charge is 0.255 e. The van der Waals surface area contributed by atoms with E-state index in [1.165, 1.54) is 0 Å². The van der Waals surface area contributed by atoms with Gasteiger partial charge in [0.25, 0.3) is 5.91 Å². The summed E-state index contributed by atoms with van der Waals surface area (Å²) in [5.41, 5.74) is 4.16. The highest BCUT2D eigenvalue weighted by Crippen LogP contribution is 2.44. The number of pyridine rings is 1. The van der Waals surface area contributed by atoms with Crippen LogP contribution in [0.25, 0.3) is 11.3 Å². The number of para-hydroxylation sites is 1. The summed E-state index contributed by atoms with van der Waals surface area (Å²) in [4.78, 5) is 20.6. The second-order valence-electron chi connectivity index (χ2n) is 7.31. The number of anilines is 2. The molecule has 31 heavy (non-hydrogen) atoms. The maximum atomic E-state index is 13.0. The quantitative estimate of drug-likeness (QED) is 0.574. The van der Waals surface area contributed by atoms with Crippen molar-refractivity contribution in [3.8, 4) is 22.8 Å². The molecule has 2 aliphatic heterocycles. The van der Waals surface area contributed by atoms with Gasteiger partial charge in [0.1, 0.15) is 12.4 Å². The van der Waals surface area contributed by atoms with E-state index in [4.69, 9.17) is 25.8 Å². The molecule has 2 bridgehead atoms. The molecule has 160 valence electrons. The van der Waals surface area contributed by atoms with Crippen molar-refractivity contribution >= 4 is 28.9 Å². The molecule has 0 spiro atoms. The number of carbonyl (C=O) groups is 1. The Morgan fingerprint density at radius 3 is 3.06 bits per heavy atom. The molecule has 0 aliphatic carbocycles. The Balaban J connectivity index is 1.74.